The Morgan fingerprint density at radius 3 is 2.65 bits per heavy atom. The second kappa shape index (κ2) is 6.72. The first kappa shape index (κ1) is 16.0. The fourth-order valence-corrected chi connectivity index (χ4v) is 2.80. The lowest BCUT2D eigenvalue weighted by atomic mass is 10.1. The molecule has 23 heavy (non-hydrogen) atoms. The van der Waals surface area contributed by atoms with E-state index in [4.69, 9.17) is 4.42 Å². The summed E-state index contributed by atoms with van der Waals surface area (Å²) in [6, 6.07) is 7.65. The smallest absolute Gasteiger partial charge is 0.241 e. The molecular weight excluding hydrogens is 314 g/mol. The van der Waals surface area contributed by atoms with Gasteiger partial charge in [0, 0.05) is 17.2 Å². The van der Waals surface area contributed by atoms with Gasteiger partial charge in [0.15, 0.2) is 11.7 Å². The number of aromatic nitrogens is 1. The Balaban J connectivity index is 0.00000156. The van der Waals surface area contributed by atoms with Gasteiger partial charge in [0.2, 0.25) is 5.91 Å². The van der Waals surface area contributed by atoms with Gasteiger partial charge in [-0.3, -0.25) is 4.79 Å². The van der Waals surface area contributed by atoms with Crippen molar-refractivity contribution in [3.63, 3.8) is 0 Å². The maximum absolute atomic E-state index is 12.1. The third-order valence-corrected chi connectivity index (χ3v) is 4.26. The Labute approximate surface area is 141 Å². The molecule has 1 unspecified atom stereocenters. The van der Waals surface area contributed by atoms with Gasteiger partial charge in [0.1, 0.15) is 0 Å². The number of benzene rings is 1. The van der Waals surface area contributed by atoms with E-state index in [9.17, 15) is 4.79 Å². The summed E-state index contributed by atoms with van der Waals surface area (Å²) in [7, 11) is 0. The van der Waals surface area contributed by atoms with Crippen molar-refractivity contribution in [1.82, 2.24) is 10.3 Å². The summed E-state index contributed by atoms with van der Waals surface area (Å²) < 4.78 is 5.79. The van der Waals surface area contributed by atoms with Crippen molar-refractivity contribution < 1.29 is 9.21 Å². The van der Waals surface area contributed by atoms with Crippen LogP contribution in [-0.2, 0) is 4.79 Å². The second-order valence-electron chi connectivity index (χ2n) is 6.05. The molecule has 2 heterocycles. The highest BCUT2D eigenvalue weighted by Gasteiger charge is 2.28. The van der Waals surface area contributed by atoms with Crippen molar-refractivity contribution in [1.29, 1.82) is 0 Å². The number of nitrogens with one attached hydrogen (secondary N) is 2. The van der Waals surface area contributed by atoms with Crippen LogP contribution in [0.25, 0.3) is 11.3 Å². The number of halogens is 1. The van der Waals surface area contributed by atoms with E-state index in [0.29, 0.717) is 5.92 Å². The third-order valence-electron chi connectivity index (χ3n) is 4.26. The van der Waals surface area contributed by atoms with Crippen molar-refractivity contribution in [2.45, 2.75) is 37.6 Å². The molecular formula is C17H20ClN3O2. The number of amides is 1. The van der Waals surface area contributed by atoms with Gasteiger partial charge in [0.25, 0.3) is 0 Å². The fraction of sp³-hybridized carbons (Fsp3) is 0.412. The molecule has 1 aliphatic heterocycles. The van der Waals surface area contributed by atoms with Gasteiger partial charge in [-0.2, -0.15) is 0 Å². The van der Waals surface area contributed by atoms with Crippen LogP contribution in [0.4, 0.5) is 5.69 Å². The van der Waals surface area contributed by atoms with E-state index in [1.807, 2.05) is 24.3 Å². The molecule has 122 valence electrons. The van der Waals surface area contributed by atoms with Crippen LogP contribution in [0.1, 0.15) is 37.5 Å². The molecule has 1 amide bonds. The molecule has 4 rings (SSSR count). The topological polar surface area (TPSA) is 67.2 Å². The number of carbonyl (C=O) groups is 1. The molecule has 6 heteroatoms. The second-order valence-corrected chi connectivity index (χ2v) is 6.05. The Bertz CT molecular complexity index is 673. The lowest BCUT2D eigenvalue weighted by Gasteiger charge is -2.11. The highest BCUT2D eigenvalue weighted by atomic mass is 35.5. The third kappa shape index (κ3) is 3.57. The van der Waals surface area contributed by atoms with Crippen LogP contribution in [0.5, 0.6) is 0 Å². The van der Waals surface area contributed by atoms with Crippen molar-refractivity contribution in [2.24, 2.45) is 0 Å². The normalized spacial score (nSPS) is 20.1. The molecule has 0 bridgehead atoms. The molecule has 1 aromatic carbocycles. The van der Waals surface area contributed by atoms with Crippen molar-refractivity contribution in [3.05, 3.63) is 36.4 Å². The van der Waals surface area contributed by atoms with E-state index < -0.39 is 0 Å². The first-order valence-corrected chi connectivity index (χ1v) is 7.90. The minimum Gasteiger partial charge on any atom is -0.440 e. The number of rotatable bonds is 4. The molecule has 1 saturated heterocycles. The molecule has 2 aliphatic rings. The summed E-state index contributed by atoms with van der Waals surface area (Å²) in [4.78, 5) is 16.4. The summed E-state index contributed by atoms with van der Waals surface area (Å²) in [5, 5.41) is 6.15. The van der Waals surface area contributed by atoms with Gasteiger partial charge in [-0.25, -0.2) is 4.98 Å². The number of anilines is 1. The van der Waals surface area contributed by atoms with Crippen LogP contribution in [0, 0.1) is 0 Å². The van der Waals surface area contributed by atoms with E-state index in [2.05, 4.69) is 15.6 Å². The van der Waals surface area contributed by atoms with Gasteiger partial charge >= 0.3 is 0 Å². The lowest BCUT2D eigenvalue weighted by Crippen LogP contribution is -2.35. The standard InChI is InChI=1S/C17H19N3O2.ClH/c21-16(14-2-1-9-18-14)20-13-7-5-11(6-8-13)15-10-19-17(22-15)12-3-4-12;/h5-8,10,12,14,18H,1-4,9H2,(H,20,21);1H. The number of hydrogen-bond acceptors (Lipinski definition) is 4. The van der Waals surface area contributed by atoms with Gasteiger partial charge < -0.3 is 15.1 Å². The molecule has 2 aromatic rings. The quantitative estimate of drug-likeness (QED) is 0.900. The number of oxazole rings is 1. The van der Waals surface area contributed by atoms with Gasteiger partial charge in [-0.1, -0.05) is 0 Å². The Morgan fingerprint density at radius 1 is 1.22 bits per heavy atom. The fourth-order valence-electron chi connectivity index (χ4n) is 2.80. The average molecular weight is 334 g/mol. The molecule has 2 fully saturated rings. The van der Waals surface area contributed by atoms with E-state index >= 15 is 0 Å². The molecule has 5 nitrogen and oxygen atoms in total. The zero-order valence-corrected chi connectivity index (χ0v) is 13.6. The predicted octanol–water partition coefficient (Wildman–Crippen LogP) is 3.33. The van der Waals surface area contributed by atoms with Crippen LogP contribution in [0.15, 0.2) is 34.9 Å². The molecule has 1 aromatic heterocycles. The SMILES string of the molecule is Cl.O=C(Nc1ccc(-c2cnc(C3CC3)o2)cc1)C1CCCN1. The molecule has 1 atom stereocenters. The number of hydrogen-bond donors (Lipinski definition) is 2. The van der Waals surface area contributed by atoms with E-state index in [0.717, 1.165) is 42.3 Å². The Morgan fingerprint density at radius 2 is 2.00 bits per heavy atom. The van der Waals surface area contributed by atoms with Crippen LogP contribution >= 0.6 is 12.4 Å². The first-order valence-electron chi connectivity index (χ1n) is 7.90. The number of carbonyl (C=O) groups excluding carboxylic acids is 1. The Hall–Kier alpha value is -1.85. The van der Waals surface area contributed by atoms with E-state index in [1.165, 1.54) is 12.8 Å². The molecule has 2 N–H and O–H groups in total. The molecule has 1 aliphatic carbocycles. The van der Waals surface area contributed by atoms with Gasteiger partial charge in [-0.05, 0) is 56.5 Å². The van der Waals surface area contributed by atoms with Crippen LogP contribution < -0.4 is 10.6 Å². The predicted molar refractivity (Wildman–Crippen MR) is 90.8 cm³/mol. The van der Waals surface area contributed by atoms with Crippen molar-refractivity contribution in [3.8, 4) is 11.3 Å². The Kier molecular flexibility index (Phi) is 4.68. The summed E-state index contributed by atoms with van der Waals surface area (Å²) in [5.41, 5.74) is 1.79. The molecule has 1 saturated carbocycles. The van der Waals surface area contributed by atoms with Crippen molar-refractivity contribution >= 4 is 24.0 Å². The zero-order valence-electron chi connectivity index (χ0n) is 12.7. The monoisotopic (exact) mass is 333 g/mol. The minimum atomic E-state index is -0.0601. The van der Waals surface area contributed by atoms with E-state index in [-0.39, 0.29) is 24.4 Å². The van der Waals surface area contributed by atoms with Crippen molar-refractivity contribution in [2.75, 3.05) is 11.9 Å². The highest BCUT2D eigenvalue weighted by Crippen LogP contribution is 2.40. The van der Waals surface area contributed by atoms with Crippen LogP contribution in [0.2, 0.25) is 0 Å². The maximum atomic E-state index is 12.1. The van der Waals surface area contributed by atoms with Crippen LogP contribution in [0.3, 0.4) is 0 Å². The van der Waals surface area contributed by atoms with Gasteiger partial charge in [-0.15, -0.1) is 12.4 Å². The summed E-state index contributed by atoms with van der Waals surface area (Å²) in [6.07, 6.45) is 6.11. The minimum absolute atomic E-state index is 0. The molecule has 0 radical (unpaired) electrons. The highest BCUT2D eigenvalue weighted by molar-refractivity contribution is 5.95. The van der Waals surface area contributed by atoms with Crippen LogP contribution in [-0.4, -0.2) is 23.5 Å². The lowest BCUT2D eigenvalue weighted by molar-refractivity contribution is -0.117. The first-order chi connectivity index (χ1) is 10.8. The molecule has 0 spiro atoms. The van der Waals surface area contributed by atoms with E-state index in [1.54, 1.807) is 6.20 Å². The maximum Gasteiger partial charge on any atom is 0.241 e. The summed E-state index contributed by atoms with van der Waals surface area (Å²) in [5.74, 6) is 2.20. The zero-order chi connectivity index (χ0) is 14.9. The van der Waals surface area contributed by atoms with Gasteiger partial charge in [0.05, 0.1) is 12.2 Å². The number of nitrogens with zero attached hydrogens (tertiary/aromatic N) is 1. The average Bonchev–Trinajstić information content (AvgIpc) is 3.05. The largest absolute Gasteiger partial charge is 0.440 e. The summed E-state index contributed by atoms with van der Waals surface area (Å²) >= 11 is 0. The summed E-state index contributed by atoms with van der Waals surface area (Å²) in [6.45, 7) is 0.922.